The summed E-state index contributed by atoms with van der Waals surface area (Å²) in [5.74, 6) is -0.201. The second-order valence-electron chi connectivity index (χ2n) is 13.9. The maximum absolute atomic E-state index is 12.6. The van der Waals surface area contributed by atoms with Crippen LogP contribution in [-0.4, -0.2) is 108 Å². The van der Waals surface area contributed by atoms with Crippen molar-refractivity contribution in [2.75, 3.05) is 46.0 Å². The van der Waals surface area contributed by atoms with Gasteiger partial charge in [-0.3, -0.25) is 13.7 Å². The van der Waals surface area contributed by atoms with Gasteiger partial charge in [-0.2, -0.15) is 25.3 Å². The van der Waals surface area contributed by atoms with Crippen molar-refractivity contribution < 1.29 is 224 Å². The van der Waals surface area contributed by atoms with Crippen LogP contribution in [0.3, 0.4) is 0 Å². The number of carbonyl (C=O) groups excluding carboxylic acids is 3. The Hall–Kier alpha value is -0.680. The molecule has 0 bridgehead atoms. The molecule has 0 aliphatic heterocycles. The maximum atomic E-state index is 12.6. The van der Waals surface area contributed by atoms with Crippen LogP contribution in [0.15, 0.2) is 87.5 Å². The van der Waals surface area contributed by atoms with Crippen LogP contribution < -0.4 is 153 Å². The van der Waals surface area contributed by atoms with E-state index < -0.39 is 63.5 Å². The minimum absolute atomic E-state index is 0. The fourth-order valence-electron chi connectivity index (χ4n) is 5.99. The fourth-order valence-corrected chi connectivity index (χ4v) is 7.43. The number of unbranched alkanes of at least 4 members (excludes halogenated alkanes) is 9. The first-order valence-electron chi connectivity index (χ1n) is 19.4. The van der Waals surface area contributed by atoms with Crippen molar-refractivity contribution >= 4 is 48.8 Å². The van der Waals surface area contributed by atoms with Gasteiger partial charge in [0.2, 0.25) is 0 Å². The molecule has 370 valence electrons. The van der Waals surface area contributed by atoms with Crippen LogP contribution in [-0.2, 0) is 44.6 Å². The van der Waals surface area contributed by atoms with E-state index in [2.05, 4.69) is 6.92 Å². The van der Waals surface area contributed by atoms with E-state index in [9.17, 15) is 53.3 Å². The summed E-state index contributed by atoms with van der Waals surface area (Å²) in [5, 5.41) is 0. The number of rotatable bonds is 26. The summed E-state index contributed by atoms with van der Waals surface area (Å²) in [4.78, 5) is 36.7. The molecule has 0 amide bonds. The van der Waals surface area contributed by atoms with Gasteiger partial charge >= 0.3 is 107 Å². The van der Waals surface area contributed by atoms with Gasteiger partial charge < -0.3 is 82.5 Å². The minimum atomic E-state index is -4.48. The third-order valence-electron chi connectivity index (χ3n) is 9.31. The second-order valence-corrected chi connectivity index (χ2v) is 18.1. The summed E-state index contributed by atoms with van der Waals surface area (Å²) in [6.07, 6.45) is 7.12. The van der Waals surface area contributed by atoms with Crippen LogP contribution >= 0.6 is 0 Å². The topological polar surface area (TPSA) is 270 Å². The molecule has 0 unspecified atom stereocenters. The smallest absolute Gasteiger partial charge is 1.00 e. The number of halogens is 4. The molecule has 0 fully saturated rings. The molecule has 19 nitrogen and oxygen atoms in total. The second kappa shape index (κ2) is 38.9. The van der Waals surface area contributed by atoms with Crippen molar-refractivity contribution in [2.24, 2.45) is 0 Å². The molecule has 3 aromatic rings. The molecule has 0 aliphatic carbocycles. The molecule has 0 aliphatic rings. The largest absolute Gasteiger partial charge is 1.00 e. The van der Waals surface area contributed by atoms with E-state index in [0.717, 1.165) is 105 Å². The van der Waals surface area contributed by atoms with Crippen molar-refractivity contribution in [1.29, 1.82) is 0 Å². The van der Waals surface area contributed by atoms with Gasteiger partial charge in [0.25, 0.3) is 30.4 Å². The third-order valence-corrected chi connectivity index (χ3v) is 11.9. The van der Waals surface area contributed by atoms with Crippen LogP contribution in [0.5, 0.6) is 17.2 Å². The molecular weight excluding hydrogens is 1080 g/mol. The van der Waals surface area contributed by atoms with E-state index >= 15 is 0 Å². The Morgan fingerprint density at radius 2 is 0.647 bits per heavy atom. The molecule has 0 spiro atoms. The summed E-state index contributed by atoms with van der Waals surface area (Å²) in [6.45, 7) is 2.17. The average molecular weight is 1130 g/mol. The van der Waals surface area contributed by atoms with Gasteiger partial charge in [-0.05, 0) is 85.6 Å². The zero-order chi connectivity index (χ0) is 44.9. The van der Waals surface area contributed by atoms with Crippen LogP contribution in [0.4, 0.5) is 14.4 Å². The molecule has 68 heavy (non-hydrogen) atoms. The molecule has 0 aromatic heterocycles. The Morgan fingerprint density at radius 1 is 0.412 bits per heavy atom. The Bertz CT molecular complexity index is 1990. The Labute approximate surface area is 489 Å². The van der Waals surface area contributed by atoms with Gasteiger partial charge in [-0.15, -0.1) is 0 Å². The predicted octanol–water partition coefficient (Wildman–Crippen LogP) is -13.9. The monoisotopic (exact) mass is 1130 g/mol. The van der Waals surface area contributed by atoms with Crippen molar-refractivity contribution in [3.8, 4) is 17.2 Å². The van der Waals surface area contributed by atoms with E-state index in [1.54, 1.807) is 0 Å². The van der Waals surface area contributed by atoms with Crippen LogP contribution in [0, 0.1) is 0 Å². The number of quaternary nitrogens is 1. The molecule has 3 rings (SSSR count). The summed E-state index contributed by atoms with van der Waals surface area (Å²) in [5.41, 5.74) is 0. The van der Waals surface area contributed by atoms with E-state index in [1.807, 2.05) is 0 Å². The first kappa shape index (κ1) is 76.2. The molecule has 0 saturated heterocycles. The van der Waals surface area contributed by atoms with Gasteiger partial charge in [0.05, 0.1) is 21.2 Å². The van der Waals surface area contributed by atoms with Crippen molar-refractivity contribution in [2.45, 2.75) is 85.8 Å². The zero-order valence-electron chi connectivity index (χ0n) is 38.1. The predicted molar refractivity (Wildman–Crippen MR) is 216 cm³/mol. The van der Waals surface area contributed by atoms with Gasteiger partial charge in [0.15, 0.2) is 0 Å². The standard InChI is InChI=1S/C39H51NO18S3.4ClH.3Na/c1-2-3-4-5-6-7-8-9-10-11-24-40(25-28-53-37(41)56-31-12-18-34(19-13-31)59(44,45)46,26-29-54-38(42)57-32-14-20-35(21-15-32)60(47,48)49)27-30-55-39(43)58-33-16-22-36(23-17-33)61(50,51)52;;;;;;;/h12-23H,2-11,24-30H2,1H3,(H2-,44,45,46,47,48,49,50,51,52);4*1H;;;/q;;;;;3*+1/p-3. The van der Waals surface area contributed by atoms with Crippen molar-refractivity contribution in [3.63, 3.8) is 0 Å². The number of ether oxygens (including phenoxy) is 6. The summed E-state index contributed by atoms with van der Waals surface area (Å²) >= 11 is 0. The summed E-state index contributed by atoms with van der Waals surface area (Å²) < 4.78 is 127. The number of carbonyl (C=O) groups is 3. The van der Waals surface area contributed by atoms with E-state index in [1.165, 1.54) is 25.7 Å². The van der Waals surface area contributed by atoms with Crippen molar-refractivity contribution in [1.82, 2.24) is 0 Å². The number of hydrogen-bond donors (Lipinski definition) is 3. The van der Waals surface area contributed by atoms with Gasteiger partial charge in [0.1, 0.15) is 56.7 Å². The molecular formula is C39H52Cl4NNa3O18S3. The van der Waals surface area contributed by atoms with Gasteiger partial charge in [-0.25, -0.2) is 14.4 Å². The normalized spacial score (nSPS) is 10.8. The molecule has 0 radical (unpaired) electrons. The van der Waals surface area contributed by atoms with Crippen LogP contribution in [0.25, 0.3) is 0 Å². The molecule has 3 N–H and O–H groups in total. The zero-order valence-corrected chi connectivity index (χ0v) is 49.6. The quantitative estimate of drug-likeness (QED) is 0.0128. The fraction of sp³-hybridized carbons (Fsp3) is 0.462. The Kier molecular flexibility index (Phi) is 43.6. The Balaban J connectivity index is -0.00000189. The Morgan fingerprint density at radius 3 is 0.882 bits per heavy atom. The van der Waals surface area contributed by atoms with E-state index in [0.29, 0.717) is 13.0 Å². The summed E-state index contributed by atoms with van der Waals surface area (Å²) in [7, 11) is -13.4. The average Bonchev–Trinajstić information content (AvgIpc) is 3.18. The maximum Gasteiger partial charge on any atom is 1.00 e. The third kappa shape index (κ3) is 31.0. The van der Waals surface area contributed by atoms with Gasteiger partial charge in [0, 0.05) is 0 Å². The van der Waals surface area contributed by atoms with Crippen LogP contribution in [0.1, 0.15) is 71.1 Å². The first-order chi connectivity index (χ1) is 28.8. The molecule has 3 aromatic carbocycles. The SMILES string of the molecule is CCCCCCCCCCCC[N+](CCOC(=O)Oc1ccc(S(=O)(=O)O)cc1)(CCOC(=O)Oc1ccc(S(=O)(=O)O)cc1)CCOC(=O)Oc1ccc(S(=O)(=O)O)cc1.[Cl-].[Cl-].[Cl-].[Cl-].[Na+].[Na+].[Na+]. The van der Waals surface area contributed by atoms with E-state index in [4.69, 9.17) is 28.4 Å². The van der Waals surface area contributed by atoms with E-state index in [-0.39, 0.29) is 199 Å². The minimum Gasteiger partial charge on any atom is -1.00 e. The number of hydrogen-bond acceptors (Lipinski definition) is 15. The molecule has 0 heterocycles. The van der Waals surface area contributed by atoms with Gasteiger partial charge in [-0.1, -0.05) is 58.3 Å². The first-order valence-corrected chi connectivity index (χ1v) is 23.7. The molecule has 0 atom stereocenters. The number of benzene rings is 3. The van der Waals surface area contributed by atoms with Crippen LogP contribution in [0.2, 0.25) is 0 Å². The molecule has 0 saturated carbocycles. The van der Waals surface area contributed by atoms with Crippen molar-refractivity contribution in [3.05, 3.63) is 72.8 Å². The summed E-state index contributed by atoms with van der Waals surface area (Å²) in [6, 6.07) is 13.1. The molecule has 29 heteroatoms. The number of nitrogens with zero attached hydrogens (tertiary/aromatic N) is 1.